The number of hydrogen-bond acceptors (Lipinski definition) is 4. The minimum Gasteiger partial charge on any atom is -0.457 e. The number of benzene rings is 1. The second-order valence-corrected chi connectivity index (χ2v) is 8.85. The molecule has 154 valence electrons. The summed E-state index contributed by atoms with van der Waals surface area (Å²) < 4.78 is 19.2. The number of nitrogens with zero attached hydrogens (tertiary/aromatic N) is 1. The van der Waals surface area contributed by atoms with E-state index in [4.69, 9.17) is 4.42 Å². The number of halogens is 1. The Labute approximate surface area is 169 Å². The fourth-order valence-corrected chi connectivity index (χ4v) is 3.42. The van der Waals surface area contributed by atoms with Crippen molar-refractivity contribution >= 4 is 17.5 Å². The van der Waals surface area contributed by atoms with Crippen LogP contribution in [0.5, 0.6) is 0 Å². The summed E-state index contributed by atoms with van der Waals surface area (Å²) in [6, 6.07) is 7.68. The molecular formula is C23H26FNO4. The maximum Gasteiger partial charge on any atom is 0.291 e. The molecule has 1 aromatic heterocycles. The molecule has 0 aliphatic carbocycles. The van der Waals surface area contributed by atoms with E-state index in [0.717, 1.165) is 5.56 Å². The summed E-state index contributed by atoms with van der Waals surface area (Å²) in [7, 11) is 0. The Morgan fingerprint density at radius 1 is 1.21 bits per heavy atom. The van der Waals surface area contributed by atoms with Crippen LogP contribution in [0.25, 0.3) is 0 Å². The number of hydrogen-bond donors (Lipinski definition) is 0. The van der Waals surface area contributed by atoms with Gasteiger partial charge in [-0.1, -0.05) is 32.9 Å². The smallest absolute Gasteiger partial charge is 0.291 e. The van der Waals surface area contributed by atoms with Gasteiger partial charge in [0.15, 0.2) is 5.76 Å². The topological polar surface area (TPSA) is 67.6 Å². The SMILES string of the molecule is CC(C)N1CC(C(=O)c2oc(C(C)(C)C)cc2Cc2ccc(F)cc2)C(=O)C1=O. The van der Waals surface area contributed by atoms with Gasteiger partial charge in [-0.25, -0.2) is 4.39 Å². The van der Waals surface area contributed by atoms with Crippen molar-refractivity contribution in [1.29, 1.82) is 0 Å². The first-order chi connectivity index (χ1) is 13.5. The Kier molecular flexibility index (Phi) is 5.48. The summed E-state index contributed by atoms with van der Waals surface area (Å²) in [5, 5.41) is 0. The fourth-order valence-electron chi connectivity index (χ4n) is 3.42. The van der Waals surface area contributed by atoms with E-state index in [0.29, 0.717) is 17.7 Å². The Morgan fingerprint density at radius 3 is 2.34 bits per heavy atom. The quantitative estimate of drug-likeness (QED) is 0.434. The van der Waals surface area contributed by atoms with Crippen molar-refractivity contribution in [1.82, 2.24) is 4.90 Å². The predicted molar refractivity (Wildman–Crippen MR) is 106 cm³/mol. The molecule has 1 unspecified atom stereocenters. The Hall–Kier alpha value is -2.76. The van der Waals surface area contributed by atoms with Gasteiger partial charge in [0, 0.05) is 30.0 Å². The number of furan rings is 1. The molecule has 1 atom stereocenters. The predicted octanol–water partition coefficient (Wildman–Crippen LogP) is 3.93. The lowest BCUT2D eigenvalue weighted by molar-refractivity contribution is -0.141. The van der Waals surface area contributed by atoms with Crippen LogP contribution in [0, 0.1) is 11.7 Å². The third kappa shape index (κ3) is 4.16. The van der Waals surface area contributed by atoms with E-state index in [1.807, 2.05) is 40.7 Å². The zero-order valence-corrected chi connectivity index (χ0v) is 17.4. The van der Waals surface area contributed by atoms with E-state index in [2.05, 4.69) is 0 Å². The van der Waals surface area contributed by atoms with E-state index < -0.39 is 23.4 Å². The standard InChI is InChI=1S/C23H26FNO4/c1-13(2)25-12-17(20(27)22(25)28)19(26)21-15(11-18(29-21)23(3,4)5)10-14-6-8-16(24)9-7-14/h6-9,11,13,17H,10,12H2,1-5H3. The minimum atomic E-state index is -1.06. The largest absolute Gasteiger partial charge is 0.457 e. The lowest BCUT2D eigenvalue weighted by Crippen LogP contribution is -2.33. The monoisotopic (exact) mass is 399 g/mol. The molecule has 1 amide bonds. The number of Topliss-reactive ketones (excluding diaryl/α,β-unsaturated/α-hetero) is 2. The number of carbonyl (C=O) groups is 3. The van der Waals surface area contributed by atoms with Crippen LogP contribution in [0.2, 0.25) is 0 Å². The Morgan fingerprint density at radius 2 is 1.83 bits per heavy atom. The molecule has 5 nitrogen and oxygen atoms in total. The maximum atomic E-state index is 13.2. The van der Waals surface area contributed by atoms with Crippen molar-refractivity contribution in [2.45, 2.75) is 52.5 Å². The van der Waals surface area contributed by atoms with Crippen LogP contribution in [0.15, 0.2) is 34.7 Å². The number of ketones is 2. The highest BCUT2D eigenvalue weighted by molar-refractivity contribution is 6.43. The van der Waals surface area contributed by atoms with Gasteiger partial charge in [0.2, 0.25) is 11.6 Å². The van der Waals surface area contributed by atoms with Gasteiger partial charge >= 0.3 is 0 Å². The molecule has 0 bridgehead atoms. The van der Waals surface area contributed by atoms with Gasteiger partial charge in [0.05, 0.1) is 0 Å². The van der Waals surface area contributed by atoms with Crippen molar-refractivity contribution in [3.63, 3.8) is 0 Å². The zero-order chi connectivity index (χ0) is 21.5. The van der Waals surface area contributed by atoms with Crippen LogP contribution in [0.1, 0.15) is 62.1 Å². The zero-order valence-electron chi connectivity index (χ0n) is 17.4. The first-order valence-electron chi connectivity index (χ1n) is 9.75. The van der Waals surface area contributed by atoms with E-state index in [1.165, 1.54) is 17.0 Å². The summed E-state index contributed by atoms with van der Waals surface area (Å²) in [6.45, 7) is 9.58. The van der Waals surface area contributed by atoms with Crippen molar-refractivity contribution in [2.24, 2.45) is 5.92 Å². The summed E-state index contributed by atoms with van der Waals surface area (Å²) in [6.07, 6.45) is 0.365. The van der Waals surface area contributed by atoms with Gasteiger partial charge in [-0.05, 0) is 37.6 Å². The molecule has 1 aliphatic heterocycles. The third-order valence-electron chi connectivity index (χ3n) is 5.19. The number of carbonyl (C=O) groups excluding carboxylic acids is 3. The maximum absolute atomic E-state index is 13.2. The van der Waals surface area contributed by atoms with Crippen molar-refractivity contribution in [2.75, 3.05) is 6.54 Å². The molecule has 1 fully saturated rings. The molecule has 1 aromatic carbocycles. The van der Waals surface area contributed by atoms with Crippen molar-refractivity contribution < 1.29 is 23.2 Å². The molecule has 0 radical (unpaired) electrons. The van der Waals surface area contributed by atoms with Crippen LogP contribution in [-0.2, 0) is 21.4 Å². The van der Waals surface area contributed by atoms with Gasteiger partial charge in [0.1, 0.15) is 17.5 Å². The molecule has 1 aliphatic rings. The second kappa shape index (κ2) is 7.58. The molecular weight excluding hydrogens is 373 g/mol. The molecule has 1 saturated heterocycles. The lowest BCUT2D eigenvalue weighted by Gasteiger charge is -2.19. The third-order valence-corrected chi connectivity index (χ3v) is 5.19. The summed E-state index contributed by atoms with van der Waals surface area (Å²) in [5.41, 5.74) is 1.12. The molecule has 0 saturated carbocycles. The number of likely N-dealkylation sites (tertiary alicyclic amines) is 1. The van der Waals surface area contributed by atoms with Gasteiger partial charge in [0.25, 0.3) is 5.91 Å². The van der Waals surface area contributed by atoms with Crippen molar-refractivity contribution in [3.8, 4) is 0 Å². The molecule has 0 spiro atoms. The summed E-state index contributed by atoms with van der Waals surface area (Å²) >= 11 is 0. The van der Waals surface area contributed by atoms with E-state index in [1.54, 1.807) is 12.1 Å². The highest BCUT2D eigenvalue weighted by atomic mass is 19.1. The molecule has 2 heterocycles. The van der Waals surface area contributed by atoms with Crippen LogP contribution < -0.4 is 0 Å². The van der Waals surface area contributed by atoms with Crippen LogP contribution >= 0.6 is 0 Å². The molecule has 29 heavy (non-hydrogen) atoms. The average Bonchev–Trinajstić information content (AvgIpc) is 3.19. The minimum absolute atomic E-state index is 0.0652. The fraction of sp³-hybridized carbons (Fsp3) is 0.435. The van der Waals surface area contributed by atoms with Crippen molar-refractivity contribution in [3.05, 3.63) is 58.8 Å². The lowest BCUT2D eigenvalue weighted by atomic mass is 9.92. The highest BCUT2D eigenvalue weighted by Gasteiger charge is 2.45. The number of amides is 1. The van der Waals surface area contributed by atoms with E-state index >= 15 is 0 Å². The first kappa shape index (κ1) is 21.0. The second-order valence-electron chi connectivity index (χ2n) is 8.85. The summed E-state index contributed by atoms with van der Waals surface area (Å²) in [5.74, 6) is -2.45. The van der Waals surface area contributed by atoms with Crippen LogP contribution in [0.3, 0.4) is 0 Å². The highest BCUT2D eigenvalue weighted by Crippen LogP contribution is 2.31. The normalized spacial score (nSPS) is 17.5. The van der Waals surface area contributed by atoms with Gasteiger partial charge in [-0.15, -0.1) is 0 Å². The molecule has 3 rings (SSSR count). The first-order valence-corrected chi connectivity index (χ1v) is 9.75. The Bertz CT molecular complexity index is 950. The van der Waals surface area contributed by atoms with Gasteiger partial charge in [-0.3, -0.25) is 14.4 Å². The van der Waals surface area contributed by atoms with Crippen LogP contribution in [0.4, 0.5) is 4.39 Å². The van der Waals surface area contributed by atoms with Gasteiger partial charge < -0.3 is 9.32 Å². The molecule has 2 aromatic rings. The number of rotatable bonds is 5. The van der Waals surface area contributed by atoms with E-state index in [9.17, 15) is 18.8 Å². The molecule has 0 N–H and O–H groups in total. The molecule has 6 heteroatoms. The average molecular weight is 399 g/mol. The summed E-state index contributed by atoms with van der Waals surface area (Å²) in [4.78, 5) is 39.3. The Balaban J connectivity index is 1.97. The van der Waals surface area contributed by atoms with Gasteiger partial charge in [-0.2, -0.15) is 0 Å². The van der Waals surface area contributed by atoms with Crippen LogP contribution in [-0.4, -0.2) is 35.0 Å². The van der Waals surface area contributed by atoms with E-state index in [-0.39, 0.29) is 29.6 Å².